The molecule has 0 aliphatic heterocycles. The molecule has 0 spiro atoms. The molecule has 0 saturated heterocycles. The maximum absolute atomic E-state index is 6.17. The maximum Gasteiger partial charge on any atom is 0.138 e. The Bertz CT molecular complexity index is 582. The summed E-state index contributed by atoms with van der Waals surface area (Å²) in [5.74, 6) is 1.03. The number of nitrogens with one attached hydrogen (secondary N) is 1. The molecule has 0 radical (unpaired) electrons. The lowest BCUT2D eigenvalue weighted by Crippen LogP contribution is -2.11. The molecular formula is C15H17Cl2N3. The molecule has 0 saturated carbocycles. The SMILES string of the molecule is CC(C)c1c(Cl)ncnc1NC(C)c1ccc(Cl)cc1. The second-order valence-corrected chi connectivity index (χ2v) is 5.79. The average molecular weight is 310 g/mol. The van der Waals surface area contributed by atoms with E-state index in [1.54, 1.807) is 0 Å². The minimum Gasteiger partial charge on any atom is -0.363 e. The van der Waals surface area contributed by atoms with Crippen molar-refractivity contribution in [1.29, 1.82) is 0 Å². The lowest BCUT2D eigenvalue weighted by Gasteiger charge is -2.19. The zero-order chi connectivity index (χ0) is 14.7. The largest absolute Gasteiger partial charge is 0.363 e. The number of benzene rings is 1. The predicted molar refractivity (Wildman–Crippen MR) is 84.6 cm³/mol. The molecule has 1 heterocycles. The van der Waals surface area contributed by atoms with E-state index in [2.05, 4.69) is 36.1 Å². The molecule has 0 fully saturated rings. The van der Waals surface area contributed by atoms with Gasteiger partial charge in [0.15, 0.2) is 0 Å². The molecule has 3 nitrogen and oxygen atoms in total. The van der Waals surface area contributed by atoms with Crippen LogP contribution in [0, 0.1) is 0 Å². The van der Waals surface area contributed by atoms with Crippen LogP contribution < -0.4 is 5.32 Å². The molecule has 106 valence electrons. The van der Waals surface area contributed by atoms with Crippen molar-refractivity contribution in [1.82, 2.24) is 9.97 Å². The number of anilines is 1. The number of rotatable bonds is 4. The van der Waals surface area contributed by atoms with Crippen molar-refractivity contribution < 1.29 is 0 Å². The normalized spacial score (nSPS) is 12.5. The van der Waals surface area contributed by atoms with Crippen molar-refractivity contribution in [2.24, 2.45) is 0 Å². The summed E-state index contributed by atoms with van der Waals surface area (Å²) < 4.78 is 0. The topological polar surface area (TPSA) is 37.8 Å². The Hall–Kier alpha value is -1.32. The monoisotopic (exact) mass is 309 g/mol. The first-order valence-corrected chi connectivity index (χ1v) is 7.27. The van der Waals surface area contributed by atoms with E-state index in [0.717, 1.165) is 22.0 Å². The Balaban J connectivity index is 2.26. The van der Waals surface area contributed by atoms with Crippen LogP contribution in [0.25, 0.3) is 0 Å². The summed E-state index contributed by atoms with van der Waals surface area (Å²) in [4.78, 5) is 8.36. The van der Waals surface area contributed by atoms with Crippen LogP contribution in [0.4, 0.5) is 5.82 Å². The minimum atomic E-state index is 0.107. The molecule has 1 aromatic carbocycles. The van der Waals surface area contributed by atoms with E-state index < -0.39 is 0 Å². The van der Waals surface area contributed by atoms with Crippen LogP contribution in [0.15, 0.2) is 30.6 Å². The van der Waals surface area contributed by atoms with Gasteiger partial charge >= 0.3 is 0 Å². The van der Waals surface area contributed by atoms with Gasteiger partial charge in [0.1, 0.15) is 17.3 Å². The van der Waals surface area contributed by atoms with Gasteiger partial charge in [-0.1, -0.05) is 49.2 Å². The second-order valence-electron chi connectivity index (χ2n) is 5.00. The van der Waals surface area contributed by atoms with Crippen molar-refractivity contribution in [3.05, 3.63) is 51.9 Å². The highest BCUT2D eigenvalue weighted by molar-refractivity contribution is 6.30. The van der Waals surface area contributed by atoms with Gasteiger partial charge in [0, 0.05) is 16.6 Å². The van der Waals surface area contributed by atoms with Gasteiger partial charge in [-0.25, -0.2) is 9.97 Å². The third-order valence-corrected chi connectivity index (χ3v) is 3.69. The lowest BCUT2D eigenvalue weighted by molar-refractivity contribution is 0.818. The molecule has 2 rings (SSSR count). The molecule has 2 aromatic rings. The number of hydrogen-bond donors (Lipinski definition) is 1. The molecule has 1 atom stereocenters. The molecule has 1 unspecified atom stereocenters. The van der Waals surface area contributed by atoms with Gasteiger partial charge in [0.05, 0.1) is 0 Å². The van der Waals surface area contributed by atoms with Crippen LogP contribution in [-0.4, -0.2) is 9.97 Å². The fourth-order valence-corrected chi connectivity index (χ4v) is 2.52. The zero-order valence-corrected chi connectivity index (χ0v) is 13.2. The summed E-state index contributed by atoms with van der Waals surface area (Å²) in [7, 11) is 0. The molecule has 0 aliphatic rings. The second kappa shape index (κ2) is 6.42. The summed E-state index contributed by atoms with van der Waals surface area (Å²) >= 11 is 12.1. The van der Waals surface area contributed by atoms with E-state index in [9.17, 15) is 0 Å². The van der Waals surface area contributed by atoms with Crippen LogP contribution in [0.1, 0.15) is 43.9 Å². The summed E-state index contributed by atoms with van der Waals surface area (Å²) in [6.45, 7) is 6.22. The Morgan fingerprint density at radius 3 is 2.25 bits per heavy atom. The van der Waals surface area contributed by atoms with Crippen molar-refractivity contribution >= 4 is 29.0 Å². The van der Waals surface area contributed by atoms with Crippen molar-refractivity contribution in [3.63, 3.8) is 0 Å². The van der Waals surface area contributed by atoms with E-state index >= 15 is 0 Å². The summed E-state index contributed by atoms with van der Waals surface area (Å²) in [6.07, 6.45) is 1.48. The molecule has 1 aromatic heterocycles. The first-order chi connectivity index (χ1) is 9.49. The first kappa shape index (κ1) is 15.1. The predicted octanol–water partition coefficient (Wildman–Crippen LogP) is 5.08. The van der Waals surface area contributed by atoms with E-state index in [1.165, 1.54) is 6.33 Å². The Kier molecular flexibility index (Phi) is 4.84. The molecule has 20 heavy (non-hydrogen) atoms. The molecule has 0 amide bonds. The lowest BCUT2D eigenvalue weighted by atomic mass is 10.0. The van der Waals surface area contributed by atoms with Crippen LogP contribution in [0.5, 0.6) is 0 Å². The Labute approximate surface area is 129 Å². The van der Waals surface area contributed by atoms with Gasteiger partial charge in [-0.3, -0.25) is 0 Å². The number of hydrogen-bond acceptors (Lipinski definition) is 3. The average Bonchev–Trinajstić information content (AvgIpc) is 2.39. The molecule has 0 bridgehead atoms. The molecule has 0 aliphatic carbocycles. The highest BCUT2D eigenvalue weighted by Crippen LogP contribution is 2.30. The number of aromatic nitrogens is 2. The van der Waals surface area contributed by atoms with E-state index in [4.69, 9.17) is 23.2 Å². The van der Waals surface area contributed by atoms with Gasteiger partial charge in [-0.2, -0.15) is 0 Å². The molecule has 5 heteroatoms. The summed E-state index contributed by atoms with van der Waals surface area (Å²) in [5, 5.41) is 4.62. The van der Waals surface area contributed by atoms with E-state index in [-0.39, 0.29) is 12.0 Å². The maximum atomic E-state index is 6.17. The highest BCUT2D eigenvalue weighted by atomic mass is 35.5. The van der Waals surface area contributed by atoms with Crippen LogP contribution in [0.3, 0.4) is 0 Å². The fraction of sp³-hybridized carbons (Fsp3) is 0.333. The van der Waals surface area contributed by atoms with Gasteiger partial charge in [-0.05, 0) is 30.5 Å². The standard InChI is InChI=1S/C15H17Cl2N3/c1-9(2)13-14(17)18-8-19-15(13)20-10(3)11-4-6-12(16)7-5-11/h4-10H,1-3H3,(H,18,19,20). The summed E-state index contributed by atoms with van der Waals surface area (Å²) in [6, 6.07) is 7.86. The number of halogens is 2. The van der Waals surface area contributed by atoms with Gasteiger partial charge in [-0.15, -0.1) is 0 Å². The Morgan fingerprint density at radius 2 is 1.65 bits per heavy atom. The van der Waals surface area contributed by atoms with Crippen molar-refractivity contribution in [2.45, 2.75) is 32.7 Å². The van der Waals surface area contributed by atoms with Crippen LogP contribution in [0.2, 0.25) is 10.2 Å². The molecule has 1 N–H and O–H groups in total. The van der Waals surface area contributed by atoms with Gasteiger partial charge in [0.2, 0.25) is 0 Å². The van der Waals surface area contributed by atoms with Crippen LogP contribution >= 0.6 is 23.2 Å². The third kappa shape index (κ3) is 3.41. The number of nitrogens with zero attached hydrogens (tertiary/aromatic N) is 2. The van der Waals surface area contributed by atoms with E-state index in [1.807, 2.05) is 24.3 Å². The Morgan fingerprint density at radius 1 is 1.00 bits per heavy atom. The van der Waals surface area contributed by atoms with Gasteiger partial charge in [0.25, 0.3) is 0 Å². The fourth-order valence-electron chi connectivity index (χ4n) is 2.04. The van der Waals surface area contributed by atoms with Gasteiger partial charge < -0.3 is 5.32 Å². The van der Waals surface area contributed by atoms with Crippen LogP contribution in [-0.2, 0) is 0 Å². The third-order valence-electron chi connectivity index (χ3n) is 3.14. The zero-order valence-electron chi connectivity index (χ0n) is 11.7. The highest BCUT2D eigenvalue weighted by Gasteiger charge is 2.15. The van der Waals surface area contributed by atoms with Crippen molar-refractivity contribution in [2.75, 3.05) is 5.32 Å². The van der Waals surface area contributed by atoms with Crippen molar-refractivity contribution in [3.8, 4) is 0 Å². The first-order valence-electron chi connectivity index (χ1n) is 6.51. The smallest absolute Gasteiger partial charge is 0.138 e. The van der Waals surface area contributed by atoms with E-state index in [0.29, 0.717) is 5.15 Å². The summed E-state index contributed by atoms with van der Waals surface area (Å²) in [5.41, 5.74) is 2.08. The minimum absolute atomic E-state index is 0.107. The molecular weight excluding hydrogens is 293 g/mol. The quantitative estimate of drug-likeness (QED) is 0.800.